The van der Waals surface area contributed by atoms with Gasteiger partial charge in [0.05, 0.1) is 5.69 Å². The Balaban J connectivity index is 1.74. The third-order valence-electron chi connectivity index (χ3n) is 7.04. The highest BCUT2D eigenvalue weighted by molar-refractivity contribution is 5.89. The number of amides is 2. The van der Waals surface area contributed by atoms with Crippen LogP contribution in [0.2, 0.25) is 0 Å². The second kappa shape index (κ2) is 9.81. The van der Waals surface area contributed by atoms with Gasteiger partial charge in [-0.2, -0.15) is 0 Å². The maximum atomic E-state index is 14.4. The molecule has 4 nitrogen and oxygen atoms in total. The van der Waals surface area contributed by atoms with Crippen LogP contribution in [0.4, 0.5) is 19.3 Å². The van der Waals surface area contributed by atoms with E-state index in [1.54, 1.807) is 4.90 Å². The van der Waals surface area contributed by atoms with E-state index in [0.29, 0.717) is 12.8 Å². The molecule has 0 radical (unpaired) electrons. The van der Waals surface area contributed by atoms with Crippen molar-refractivity contribution in [2.75, 3.05) is 5.32 Å². The first-order valence-corrected chi connectivity index (χ1v) is 12.7. The van der Waals surface area contributed by atoms with Gasteiger partial charge in [-0.05, 0) is 75.8 Å². The van der Waals surface area contributed by atoms with Gasteiger partial charge >= 0.3 is 6.03 Å². The number of rotatable bonds is 4. The van der Waals surface area contributed by atoms with Crippen molar-refractivity contribution in [1.82, 2.24) is 4.90 Å². The highest BCUT2D eigenvalue weighted by Gasteiger charge is 2.32. The summed E-state index contributed by atoms with van der Waals surface area (Å²) in [4.78, 5) is 15.4. The van der Waals surface area contributed by atoms with Gasteiger partial charge in [0.1, 0.15) is 17.4 Å². The van der Waals surface area contributed by atoms with Crippen LogP contribution in [0.25, 0.3) is 0 Å². The predicted octanol–water partition coefficient (Wildman–Crippen LogP) is 7.47. The summed E-state index contributed by atoms with van der Waals surface area (Å²) in [5, 5.41) is 13.8. The fourth-order valence-corrected chi connectivity index (χ4v) is 5.03. The summed E-state index contributed by atoms with van der Waals surface area (Å²) in [7, 11) is 0. The zero-order chi connectivity index (χ0) is 27.1. The summed E-state index contributed by atoms with van der Waals surface area (Å²) in [6.45, 7) is 12.6. The van der Waals surface area contributed by atoms with E-state index in [9.17, 15) is 18.7 Å². The Bertz CT molecular complexity index is 1260. The summed E-state index contributed by atoms with van der Waals surface area (Å²) in [5.41, 5.74) is 4.21. The minimum Gasteiger partial charge on any atom is -0.507 e. The van der Waals surface area contributed by atoms with Gasteiger partial charge in [0.25, 0.3) is 0 Å². The van der Waals surface area contributed by atoms with Gasteiger partial charge in [0.15, 0.2) is 0 Å². The van der Waals surface area contributed by atoms with E-state index in [-0.39, 0.29) is 34.9 Å². The minimum atomic E-state index is -0.822. The summed E-state index contributed by atoms with van der Waals surface area (Å²) in [6.07, 6.45) is 1.37. The predicted molar refractivity (Wildman–Crippen MR) is 144 cm³/mol. The van der Waals surface area contributed by atoms with E-state index >= 15 is 0 Å². The number of nitrogens with one attached hydrogen (secondary N) is 1. The highest BCUT2D eigenvalue weighted by atomic mass is 19.1. The smallest absolute Gasteiger partial charge is 0.322 e. The van der Waals surface area contributed by atoms with Gasteiger partial charge < -0.3 is 15.3 Å². The number of phenolic OH excluding ortho intramolecular Hbond substituents is 1. The number of fused-ring (bicyclic) bond motifs is 1. The molecule has 0 bridgehead atoms. The molecule has 2 amide bonds. The maximum Gasteiger partial charge on any atom is 0.322 e. The van der Waals surface area contributed by atoms with Crippen molar-refractivity contribution in [2.45, 2.75) is 77.8 Å². The molecule has 0 unspecified atom stereocenters. The van der Waals surface area contributed by atoms with E-state index in [1.165, 1.54) is 17.2 Å². The number of halogens is 2. The van der Waals surface area contributed by atoms with Gasteiger partial charge in [0, 0.05) is 18.7 Å². The van der Waals surface area contributed by atoms with Crippen molar-refractivity contribution >= 4 is 11.7 Å². The zero-order valence-corrected chi connectivity index (χ0v) is 22.5. The Labute approximate surface area is 218 Å². The number of carbonyl (C=O) groups is 1. The number of anilines is 1. The average molecular weight is 507 g/mol. The van der Waals surface area contributed by atoms with Crippen molar-refractivity contribution in [3.8, 4) is 5.75 Å². The maximum absolute atomic E-state index is 14.4. The summed E-state index contributed by atoms with van der Waals surface area (Å²) < 4.78 is 27.9. The molecule has 3 aromatic carbocycles. The van der Waals surface area contributed by atoms with Crippen LogP contribution in [0.5, 0.6) is 5.75 Å². The van der Waals surface area contributed by atoms with Crippen LogP contribution in [0.1, 0.15) is 69.4 Å². The standard InChI is InChI=1S/C31H36F2N2O2/c1-30(2,3)24-13-19(14-25(28(24)36)31(4,5)6)18-35(23-15-20-9-7-8-10-21(20)16-23)29(37)34-27-12-11-22(32)17-26(27)33/h7-14,17,23,36H,15-16,18H2,1-6H3,(H,34,37). The molecule has 0 atom stereocenters. The van der Waals surface area contributed by atoms with Gasteiger partial charge in [-0.3, -0.25) is 0 Å². The molecule has 0 fully saturated rings. The van der Waals surface area contributed by atoms with E-state index in [0.717, 1.165) is 28.8 Å². The number of phenols is 1. The molecule has 196 valence electrons. The van der Waals surface area contributed by atoms with Crippen molar-refractivity contribution in [3.05, 3.63) is 94.0 Å². The Morgan fingerprint density at radius 3 is 1.95 bits per heavy atom. The molecule has 0 heterocycles. The third kappa shape index (κ3) is 5.79. The second-order valence-corrected chi connectivity index (χ2v) is 12.1. The van der Waals surface area contributed by atoms with Crippen LogP contribution >= 0.6 is 0 Å². The lowest BCUT2D eigenvalue weighted by molar-refractivity contribution is 0.185. The molecule has 6 heteroatoms. The SMILES string of the molecule is CC(C)(C)c1cc(CN(C(=O)Nc2ccc(F)cc2F)C2Cc3ccccc3C2)cc(C(C)(C)C)c1O. The van der Waals surface area contributed by atoms with Gasteiger partial charge in [-0.25, -0.2) is 13.6 Å². The molecule has 1 aliphatic rings. The Hall–Kier alpha value is -3.41. The summed E-state index contributed by atoms with van der Waals surface area (Å²) in [5.74, 6) is -1.24. The minimum absolute atomic E-state index is 0.0663. The van der Waals surface area contributed by atoms with Gasteiger partial charge in [-0.15, -0.1) is 0 Å². The van der Waals surface area contributed by atoms with Crippen molar-refractivity contribution < 1.29 is 18.7 Å². The molecule has 0 spiro atoms. The number of carbonyl (C=O) groups excluding carboxylic acids is 1. The number of hydrogen-bond acceptors (Lipinski definition) is 2. The fourth-order valence-electron chi connectivity index (χ4n) is 5.03. The van der Waals surface area contributed by atoms with Crippen molar-refractivity contribution in [1.29, 1.82) is 0 Å². The molecule has 2 N–H and O–H groups in total. The Kier molecular flexibility index (Phi) is 7.06. The number of hydrogen-bond donors (Lipinski definition) is 2. The summed E-state index contributed by atoms with van der Waals surface area (Å²) in [6, 6.07) is 14.6. The first-order valence-electron chi connectivity index (χ1n) is 12.7. The van der Waals surface area contributed by atoms with Crippen LogP contribution in [0.3, 0.4) is 0 Å². The molecule has 4 rings (SSSR count). The van der Waals surface area contributed by atoms with Crippen LogP contribution in [0, 0.1) is 11.6 Å². The van der Waals surface area contributed by atoms with E-state index in [1.807, 2.05) is 65.8 Å². The number of aromatic hydroxyl groups is 1. The second-order valence-electron chi connectivity index (χ2n) is 12.1. The number of urea groups is 1. The first-order chi connectivity index (χ1) is 17.2. The normalized spacial score (nSPS) is 13.9. The molecule has 37 heavy (non-hydrogen) atoms. The molecule has 3 aromatic rings. The monoisotopic (exact) mass is 506 g/mol. The molecular formula is C31H36F2N2O2. The third-order valence-corrected chi connectivity index (χ3v) is 7.04. The Morgan fingerprint density at radius 2 is 1.46 bits per heavy atom. The molecule has 0 saturated carbocycles. The molecule has 1 aliphatic carbocycles. The largest absolute Gasteiger partial charge is 0.507 e. The van der Waals surface area contributed by atoms with Crippen LogP contribution in [-0.2, 0) is 30.2 Å². The molecule has 0 aliphatic heterocycles. The topological polar surface area (TPSA) is 52.6 Å². The van der Waals surface area contributed by atoms with Gasteiger partial charge in [0.2, 0.25) is 0 Å². The van der Waals surface area contributed by atoms with E-state index in [2.05, 4.69) is 17.4 Å². The molecular weight excluding hydrogens is 470 g/mol. The lowest BCUT2D eigenvalue weighted by Crippen LogP contribution is -2.43. The summed E-state index contributed by atoms with van der Waals surface area (Å²) >= 11 is 0. The first kappa shape index (κ1) is 26.6. The quantitative estimate of drug-likeness (QED) is 0.386. The molecule has 0 aromatic heterocycles. The lowest BCUT2D eigenvalue weighted by Gasteiger charge is -2.32. The van der Waals surface area contributed by atoms with Crippen LogP contribution in [0.15, 0.2) is 54.6 Å². The number of nitrogens with zero attached hydrogens (tertiary/aromatic N) is 1. The van der Waals surface area contributed by atoms with E-state index in [4.69, 9.17) is 0 Å². The van der Waals surface area contributed by atoms with Crippen molar-refractivity contribution in [3.63, 3.8) is 0 Å². The van der Waals surface area contributed by atoms with Crippen LogP contribution < -0.4 is 5.32 Å². The average Bonchev–Trinajstić information content (AvgIpc) is 3.22. The van der Waals surface area contributed by atoms with Crippen LogP contribution in [-0.4, -0.2) is 22.1 Å². The lowest BCUT2D eigenvalue weighted by atomic mass is 9.78. The highest BCUT2D eigenvalue weighted by Crippen LogP contribution is 2.40. The zero-order valence-electron chi connectivity index (χ0n) is 22.5. The van der Waals surface area contributed by atoms with Gasteiger partial charge in [-0.1, -0.05) is 65.8 Å². The molecule has 0 saturated heterocycles. The fraction of sp³-hybridized carbons (Fsp3) is 0.387. The van der Waals surface area contributed by atoms with E-state index < -0.39 is 17.7 Å². The van der Waals surface area contributed by atoms with Crippen molar-refractivity contribution in [2.24, 2.45) is 0 Å². The number of benzene rings is 3. The Morgan fingerprint density at radius 1 is 0.919 bits per heavy atom.